The molecule has 6 heteroatoms. The minimum atomic E-state index is -4.31. The fourth-order valence-electron chi connectivity index (χ4n) is 0.459. The lowest BCUT2D eigenvalue weighted by molar-refractivity contribution is -0.156. The molecule has 0 radical (unpaired) electrons. The zero-order chi connectivity index (χ0) is 9.07. The van der Waals surface area contributed by atoms with E-state index < -0.39 is 18.6 Å². The first-order chi connectivity index (χ1) is 4.87. The molecular weight excluding hydrogens is 227 g/mol. The highest BCUT2D eigenvalue weighted by Gasteiger charge is 2.30. The second-order valence-electron chi connectivity index (χ2n) is 2.00. The summed E-state index contributed by atoms with van der Waals surface area (Å²) >= 11 is 2.76. The fraction of sp³-hybridized carbons (Fsp3) is 0.800. The molecule has 1 amide bonds. The number of alkyl halides is 4. The van der Waals surface area contributed by atoms with Gasteiger partial charge in [-0.2, -0.15) is 13.2 Å². The van der Waals surface area contributed by atoms with Crippen LogP contribution in [0.15, 0.2) is 0 Å². The van der Waals surface area contributed by atoms with Gasteiger partial charge in [-0.25, -0.2) is 0 Å². The molecule has 0 fully saturated rings. The first-order valence-corrected chi connectivity index (χ1v) is 3.85. The van der Waals surface area contributed by atoms with E-state index in [0.717, 1.165) is 7.05 Å². The maximum atomic E-state index is 11.6. The van der Waals surface area contributed by atoms with Gasteiger partial charge in [0.25, 0.3) is 0 Å². The summed E-state index contributed by atoms with van der Waals surface area (Å²) in [5.41, 5.74) is 0. The Kier molecular flexibility index (Phi) is 3.85. The third-order valence-electron chi connectivity index (χ3n) is 0.957. The lowest BCUT2D eigenvalue weighted by Crippen LogP contribution is -2.36. The van der Waals surface area contributed by atoms with Crippen LogP contribution in [0.1, 0.15) is 0 Å². The van der Waals surface area contributed by atoms with Crippen molar-refractivity contribution in [1.82, 2.24) is 4.90 Å². The standard InChI is InChI=1S/C5H7BrF3NO/c1-10(4(11)2-6)3-5(7,8)9/h2-3H2,1H3. The van der Waals surface area contributed by atoms with Crippen molar-refractivity contribution in [2.45, 2.75) is 6.18 Å². The Labute approximate surface area is 70.5 Å². The monoisotopic (exact) mass is 233 g/mol. The van der Waals surface area contributed by atoms with Gasteiger partial charge in [0.1, 0.15) is 6.54 Å². The van der Waals surface area contributed by atoms with E-state index in [0.29, 0.717) is 4.90 Å². The normalized spacial score (nSPS) is 11.4. The number of halogens is 4. The molecule has 0 aromatic heterocycles. The van der Waals surface area contributed by atoms with Crippen LogP contribution in [-0.2, 0) is 4.79 Å². The van der Waals surface area contributed by atoms with Crippen molar-refractivity contribution < 1.29 is 18.0 Å². The van der Waals surface area contributed by atoms with E-state index in [1.54, 1.807) is 0 Å². The number of hydrogen-bond donors (Lipinski definition) is 0. The van der Waals surface area contributed by atoms with Gasteiger partial charge < -0.3 is 4.90 Å². The van der Waals surface area contributed by atoms with Gasteiger partial charge in [0.2, 0.25) is 5.91 Å². The number of amides is 1. The van der Waals surface area contributed by atoms with Crippen LogP contribution in [0.5, 0.6) is 0 Å². The van der Waals surface area contributed by atoms with Gasteiger partial charge in [0, 0.05) is 7.05 Å². The summed E-state index contributed by atoms with van der Waals surface area (Å²) in [5, 5.41) is -0.0837. The molecule has 0 atom stereocenters. The summed E-state index contributed by atoms with van der Waals surface area (Å²) in [6.07, 6.45) is -4.31. The van der Waals surface area contributed by atoms with Crippen molar-refractivity contribution in [3.05, 3.63) is 0 Å². The molecule has 0 bridgehead atoms. The quantitative estimate of drug-likeness (QED) is 0.661. The average Bonchev–Trinajstić information content (AvgIpc) is 1.82. The van der Waals surface area contributed by atoms with Gasteiger partial charge in [0.15, 0.2) is 0 Å². The second-order valence-corrected chi connectivity index (χ2v) is 2.56. The van der Waals surface area contributed by atoms with Gasteiger partial charge in [-0.3, -0.25) is 4.79 Å². The molecule has 0 heterocycles. The van der Waals surface area contributed by atoms with Crippen molar-refractivity contribution >= 4 is 21.8 Å². The fourth-order valence-corrected chi connectivity index (χ4v) is 0.887. The van der Waals surface area contributed by atoms with Crippen molar-refractivity contribution in [3.8, 4) is 0 Å². The Bertz CT molecular complexity index is 147. The number of carbonyl (C=O) groups excluding carboxylic acids is 1. The third kappa shape index (κ3) is 5.06. The zero-order valence-corrected chi connectivity index (χ0v) is 7.37. The van der Waals surface area contributed by atoms with Crippen molar-refractivity contribution in [2.75, 3.05) is 18.9 Å². The molecule has 0 aliphatic carbocycles. The molecule has 0 N–H and O–H groups in total. The molecule has 0 spiro atoms. The van der Waals surface area contributed by atoms with E-state index >= 15 is 0 Å². The Morgan fingerprint density at radius 2 is 2.00 bits per heavy atom. The Morgan fingerprint density at radius 1 is 1.55 bits per heavy atom. The van der Waals surface area contributed by atoms with Crippen molar-refractivity contribution in [1.29, 1.82) is 0 Å². The zero-order valence-electron chi connectivity index (χ0n) is 5.78. The molecule has 0 rings (SSSR count). The van der Waals surface area contributed by atoms with E-state index in [2.05, 4.69) is 15.9 Å². The van der Waals surface area contributed by atoms with Crippen LogP contribution in [0.2, 0.25) is 0 Å². The lowest BCUT2D eigenvalue weighted by atomic mass is 10.5. The minimum Gasteiger partial charge on any atom is -0.336 e. The molecule has 2 nitrogen and oxygen atoms in total. The molecule has 0 aromatic rings. The van der Waals surface area contributed by atoms with E-state index in [1.807, 2.05) is 0 Å². The van der Waals surface area contributed by atoms with Gasteiger partial charge in [-0.05, 0) is 0 Å². The second kappa shape index (κ2) is 3.94. The largest absolute Gasteiger partial charge is 0.406 e. The summed E-state index contributed by atoms with van der Waals surface area (Å²) in [6, 6.07) is 0. The summed E-state index contributed by atoms with van der Waals surface area (Å²) in [6.45, 7) is -1.20. The minimum absolute atomic E-state index is 0.0837. The SMILES string of the molecule is CN(CC(F)(F)F)C(=O)CBr. The first-order valence-electron chi connectivity index (χ1n) is 2.73. The van der Waals surface area contributed by atoms with Crippen molar-refractivity contribution in [3.63, 3.8) is 0 Å². The van der Waals surface area contributed by atoms with Crippen LogP contribution >= 0.6 is 15.9 Å². The van der Waals surface area contributed by atoms with E-state index in [-0.39, 0.29) is 5.33 Å². The number of nitrogens with zero attached hydrogens (tertiary/aromatic N) is 1. The summed E-state index contributed by atoms with van der Waals surface area (Å²) in [5.74, 6) is -0.581. The average molecular weight is 234 g/mol. The summed E-state index contributed by atoms with van der Waals surface area (Å²) < 4.78 is 34.8. The highest BCUT2D eigenvalue weighted by atomic mass is 79.9. The topological polar surface area (TPSA) is 20.3 Å². The Hall–Kier alpha value is -0.260. The number of carbonyl (C=O) groups is 1. The predicted molar refractivity (Wildman–Crippen MR) is 37.5 cm³/mol. The van der Waals surface area contributed by atoms with Crippen LogP contribution in [0.25, 0.3) is 0 Å². The number of hydrogen-bond acceptors (Lipinski definition) is 1. The lowest BCUT2D eigenvalue weighted by Gasteiger charge is -2.17. The van der Waals surface area contributed by atoms with Gasteiger partial charge in [0.05, 0.1) is 5.33 Å². The molecule has 0 unspecified atom stereocenters. The molecule has 66 valence electrons. The summed E-state index contributed by atoms with van der Waals surface area (Å²) in [7, 11) is 1.11. The van der Waals surface area contributed by atoms with Crippen LogP contribution in [0.3, 0.4) is 0 Å². The molecule has 0 saturated heterocycles. The maximum absolute atomic E-state index is 11.6. The van der Waals surface area contributed by atoms with Crippen LogP contribution in [-0.4, -0.2) is 35.9 Å². The van der Waals surface area contributed by atoms with Crippen molar-refractivity contribution in [2.24, 2.45) is 0 Å². The van der Waals surface area contributed by atoms with Gasteiger partial charge in [-0.15, -0.1) is 0 Å². The molecular formula is C5H7BrF3NO. The first kappa shape index (κ1) is 10.7. The Morgan fingerprint density at radius 3 is 2.27 bits per heavy atom. The summed E-state index contributed by atoms with van der Waals surface area (Å²) in [4.78, 5) is 11.2. The third-order valence-corrected chi connectivity index (χ3v) is 1.44. The smallest absolute Gasteiger partial charge is 0.336 e. The van der Waals surface area contributed by atoms with Crippen LogP contribution in [0.4, 0.5) is 13.2 Å². The van der Waals surface area contributed by atoms with Gasteiger partial charge >= 0.3 is 6.18 Å². The molecule has 11 heavy (non-hydrogen) atoms. The number of rotatable bonds is 2. The van der Waals surface area contributed by atoms with E-state index in [1.165, 1.54) is 0 Å². The van der Waals surface area contributed by atoms with Crippen LogP contribution < -0.4 is 0 Å². The molecule has 0 aliphatic heterocycles. The molecule has 0 saturated carbocycles. The van der Waals surface area contributed by atoms with Gasteiger partial charge in [-0.1, -0.05) is 15.9 Å². The molecule has 0 aliphatic rings. The van der Waals surface area contributed by atoms with E-state index in [9.17, 15) is 18.0 Å². The highest BCUT2D eigenvalue weighted by molar-refractivity contribution is 9.09. The maximum Gasteiger partial charge on any atom is 0.406 e. The van der Waals surface area contributed by atoms with E-state index in [4.69, 9.17) is 0 Å². The highest BCUT2D eigenvalue weighted by Crippen LogP contribution is 2.15. The van der Waals surface area contributed by atoms with Crippen LogP contribution in [0, 0.1) is 0 Å². The predicted octanol–water partition coefficient (Wildman–Crippen LogP) is 1.40. The molecule has 0 aromatic carbocycles. The Balaban J connectivity index is 3.87.